The van der Waals surface area contributed by atoms with Gasteiger partial charge in [0.2, 0.25) is 0 Å². The molecule has 0 aliphatic heterocycles. The standard InChI is InChI=1S/C18H13N3/c19-21-20-12-6-5-8-15-13-14-7-1-2-9-16(14)18-11-4-3-10-17(15)18/h1-4,7,9-11,13H,6,12H2. The van der Waals surface area contributed by atoms with Crippen molar-refractivity contribution in [1.82, 2.24) is 0 Å². The van der Waals surface area contributed by atoms with Gasteiger partial charge in [-0.25, -0.2) is 0 Å². The summed E-state index contributed by atoms with van der Waals surface area (Å²) in [5, 5.41) is 8.30. The lowest BCUT2D eigenvalue weighted by Crippen LogP contribution is -1.83. The predicted octanol–water partition coefficient (Wildman–Crippen LogP) is 5.04. The third kappa shape index (κ3) is 2.67. The first-order chi connectivity index (χ1) is 10.4. The Labute approximate surface area is 122 Å². The second-order valence-electron chi connectivity index (χ2n) is 4.70. The van der Waals surface area contributed by atoms with Crippen molar-refractivity contribution in [3.05, 3.63) is 70.6 Å². The van der Waals surface area contributed by atoms with Gasteiger partial charge in [-0.15, -0.1) is 0 Å². The van der Waals surface area contributed by atoms with Gasteiger partial charge in [0.05, 0.1) is 0 Å². The quantitative estimate of drug-likeness (QED) is 0.156. The molecule has 0 amide bonds. The predicted molar refractivity (Wildman–Crippen MR) is 87.0 cm³/mol. The van der Waals surface area contributed by atoms with E-state index in [-0.39, 0.29) is 0 Å². The van der Waals surface area contributed by atoms with Crippen LogP contribution < -0.4 is 0 Å². The molecular formula is C18H13N3. The van der Waals surface area contributed by atoms with Crippen molar-refractivity contribution in [1.29, 1.82) is 0 Å². The minimum absolute atomic E-state index is 0.412. The van der Waals surface area contributed by atoms with E-state index in [1.54, 1.807) is 0 Å². The van der Waals surface area contributed by atoms with Gasteiger partial charge < -0.3 is 0 Å². The molecule has 0 spiro atoms. The normalized spacial score (nSPS) is 9.90. The van der Waals surface area contributed by atoms with E-state index in [4.69, 9.17) is 5.53 Å². The topological polar surface area (TPSA) is 48.8 Å². The highest BCUT2D eigenvalue weighted by atomic mass is 15.1. The smallest absolute Gasteiger partial charge is 0.0367 e. The van der Waals surface area contributed by atoms with Gasteiger partial charge >= 0.3 is 0 Å². The fraction of sp³-hybridized carbons (Fsp3) is 0.111. The first kappa shape index (κ1) is 13.1. The summed E-state index contributed by atoms with van der Waals surface area (Å²) < 4.78 is 0. The average molecular weight is 271 g/mol. The third-order valence-corrected chi connectivity index (χ3v) is 3.39. The van der Waals surface area contributed by atoms with Crippen molar-refractivity contribution >= 4 is 21.5 Å². The number of rotatable bonds is 2. The average Bonchev–Trinajstić information content (AvgIpc) is 2.54. The number of hydrogen-bond acceptors (Lipinski definition) is 1. The van der Waals surface area contributed by atoms with Gasteiger partial charge in [0.1, 0.15) is 0 Å². The van der Waals surface area contributed by atoms with Crippen LogP contribution in [-0.2, 0) is 0 Å². The fourth-order valence-corrected chi connectivity index (χ4v) is 2.47. The second-order valence-corrected chi connectivity index (χ2v) is 4.70. The molecular weight excluding hydrogens is 258 g/mol. The molecule has 0 heterocycles. The van der Waals surface area contributed by atoms with Gasteiger partial charge in [-0.2, -0.15) is 0 Å². The Morgan fingerprint density at radius 3 is 2.48 bits per heavy atom. The van der Waals surface area contributed by atoms with Crippen LogP contribution in [-0.4, -0.2) is 6.54 Å². The molecule has 3 nitrogen and oxygen atoms in total. The molecule has 3 rings (SSSR count). The largest absolute Gasteiger partial charge is 0.0977 e. The van der Waals surface area contributed by atoms with Crippen LogP contribution >= 0.6 is 0 Å². The zero-order chi connectivity index (χ0) is 14.5. The summed E-state index contributed by atoms with van der Waals surface area (Å²) >= 11 is 0. The van der Waals surface area contributed by atoms with Crippen LogP contribution in [0.4, 0.5) is 0 Å². The number of azide groups is 1. The van der Waals surface area contributed by atoms with Gasteiger partial charge in [0, 0.05) is 23.4 Å². The van der Waals surface area contributed by atoms with Crippen molar-refractivity contribution in [3.8, 4) is 11.8 Å². The lowest BCUT2D eigenvalue weighted by molar-refractivity contribution is 1.01. The van der Waals surface area contributed by atoms with Crippen LogP contribution in [0.2, 0.25) is 0 Å². The number of hydrogen-bond donors (Lipinski definition) is 0. The fourth-order valence-electron chi connectivity index (χ4n) is 2.47. The van der Waals surface area contributed by atoms with Crippen LogP contribution in [0.5, 0.6) is 0 Å². The van der Waals surface area contributed by atoms with Crippen LogP contribution in [0.15, 0.2) is 59.7 Å². The van der Waals surface area contributed by atoms with Gasteiger partial charge in [-0.3, -0.25) is 0 Å². The van der Waals surface area contributed by atoms with Gasteiger partial charge in [-0.1, -0.05) is 65.5 Å². The number of benzene rings is 3. The van der Waals surface area contributed by atoms with Crippen LogP contribution in [0, 0.1) is 11.8 Å². The van der Waals surface area contributed by atoms with E-state index in [2.05, 4.69) is 58.3 Å². The van der Waals surface area contributed by atoms with E-state index in [1.165, 1.54) is 16.2 Å². The number of nitrogens with zero attached hydrogens (tertiary/aromatic N) is 3. The molecule has 0 aliphatic carbocycles. The Balaban J connectivity index is 2.14. The molecule has 0 fully saturated rings. The van der Waals surface area contributed by atoms with Crippen molar-refractivity contribution in [3.63, 3.8) is 0 Å². The van der Waals surface area contributed by atoms with E-state index in [1.807, 2.05) is 18.2 Å². The molecule has 3 aromatic carbocycles. The maximum absolute atomic E-state index is 8.25. The Morgan fingerprint density at radius 2 is 1.67 bits per heavy atom. The first-order valence-electron chi connectivity index (χ1n) is 6.80. The zero-order valence-corrected chi connectivity index (χ0v) is 11.5. The SMILES string of the molecule is [N-]=[N+]=NCCC#Cc1cc2ccccc2c2ccccc12. The Bertz CT molecular complexity index is 910. The van der Waals surface area contributed by atoms with Crippen molar-refractivity contribution in [2.75, 3.05) is 6.54 Å². The maximum Gasteiger partial charge on any atom is 0.0367 e. The molecule has 0 bridgehead atoms. The summed E-state index contributed by atoms with van der Waals surface area (Å²) in [6, 6.07) is 18.8. The summed E-state index contributed by atoms with van der Waals surface area (Å²) in [5.74, 6) is 6.28. The van der Waals surface area contributed by atoms with Gasteiger partial charge in [-0.05, 0) is 33.1 Å². The van der Waals surface area contributed by atoms with Crippen molar-refractivity contribution < 1.29 is 0 Å². The van der Waals surface area contributed by atoms with Gasteiger partial charge in [0.25, 0.3) is 0 Å². The Kier molecular flexibility index (Phi) is 3.73. The van der Waals surface area contributed by atoms with Crippen LogP contribution in [0.25, 0.3) is 32.0 Å². The highest BCUT2D eigenvalue weighted by Crippen LogP contribution is 2.28. The molecule has 0 saturated heterocycles. The van der Waals surface area contributed by atoms with Gasteiger partial charge in [0.15, 0.2) is 0 Å². The third-order valence-electron chi connectivity index (χ3n) is 3.39. The molecule has 3 aromatic rings. The number of fused-ring (bicyclic) bond motifs is 3. The zero-order valence-electron chi connectivity index (χ0n) is 11.5. The van der Waals surface area contributed by atoms with E-state index in [0.29, 0.717) is 13.0 Å². The Hall–Kier alpha value is -2.95. The highest BCUT2D eigenvalue weighted by molar-refractivity contribution is 6.09. The van der Waals surface area contributed by atoms with Crippen molar-refractivity contribution in [2.24, 2.45) is 5.11 Å². The molecule has 0 N–H and O–H groups in total. The molecule has 0 unspecified atom stereocenters. The molecule has 0 saturated carbocycles. The maximum atomic E-state index is 8.25. The molecule has 21 heavy (non-hydrogen) atoms. The summed E-state index contributed by atoms with van der Waals surface area (Å²) in [6.07, 6.45) is 0.575. The van der Waals surface area contributed by atoms with E-state index >= 15 is 0 Å². The Morgan fingerprint density at radius 1 is 0.952 bits per heavy atom. The molecule has 3 heteroatoms. The van der Waals surface area contributed by atoms with Crippen molar-refractivity contribution in [2.45, 2.75) is 6.42 Å². The summed E-state index contributed by atoms with van der Waals surface area (Å²) in [5.41, 5.74) is 9.27. The first-order valence-corrected chi connectivity index (χ1v) is 6.80. The minimum Gasteiger partial charge on any atom is -0.0977 e. The summed E-state index contributed by atoms with van der Waals surface area (Å²) in [4.78, 5) is 2.73. The van der Waals surface area contributed by atoms with Crippen LogP contribution in [0.3, 0.4) is 0 Å². The highest BCUT2D eigenvalue weighted by Gasteiger charge is 2.03. The molecule has 0 aromatic heterocycles. The molecule has 100 valence electrons. The van der Waals surface area contributed by atoms with E-state index < -0.39 is 0 Å². The summed E-state index contributed by atoms with van der Waals surface area (Å²) in [6.45, 7) is 0.412. The molecule has 0 atom stereocenters. The lowest BCUT2D eigenvalue weighted by Gasteiger charge is -2.06. The van der Waals surface area contributed by atoms with Crippen LogP contribution in [0.1, 0.15) is 12.0 Å². The van der Waals surface area contributed by atoms with E-state index in [9.17, 15) is 0 Å². The lowest BCUT2D eigenvalue weighted by atomic mass is 9.97. The second kappa shape index (κ2) is 6.00. The van der Waals surface area contributed by atoms with E-state index in [0.717, 1.165) is 10.9 Å². The molecule has 0 aliphatic rings. The summed E-state index contributed by atoms with van der Waals surface area (Å²) in [7, 11) is 0. The minimum atomic E-state index is 0.412. The molecule has 0 radical (unpaired) electrons. The monoisotopic (exact) mass is 271 g/mol.